The maximum Gasteiger partial charge on any atom is 0.340 e. The Bertz CT molecular complexity index is 1550. The maximum atomic E-state index is 11.9. The van der Waals surface area contributed by atoms with Crippen molar-refractivity contribution in [2.45, 2.75) is 6.92 Å². The van der Waals surface area contributed by atoms with Gasteiger partial charge in [-0.1, -0.05) is 24.3 Å². The van der Waals surface area contributed by atoms with Crippen LogP contribution < -0.4 is 11.3 Å². The smallest absolute Gasteiger partial charge is 0.340 e. The summed E-state index contributed by atoms with van der Waals surface area (Å²) in [6.45, 7) is 2.13. The van der Waals surface area contributed by atoms with Crippen molar-refractivity contribution >= 4 is 22.6 Å². The highest BCUT2D eigenvalue weighted by atomic mass is 16.5. The first kappa shape index (κ1) is 26.2. The minimum Gasteiger partial charge on any atom is -0.462 e. The SMILES string of the molecule is CCOC(=O)c1ccccc1N.N#Cc1ccncc1.O=c1[nH]c(-c2ccncc2)nc2ccccc12. The molecule has 0 bridgehead atoms. The van der Waals surface area contributed by atoms with Gasteiger partial charge in [0, 0.05) is 36.0 Å². The zero-order chi connectivity index (χ0) is 26.5. The number of carbonyl (C=O) groups excluding carboxylic acids is 1. The highest BCUT2D eigenvalue weighted by molar-refractivity contribution is 5.94. The van der Waals surface area contributed by atoms with Crippen LogP contribution in [-0.4, -0.2) is 32.5 Å². The van der Waals surface area contributed by atoms with E-state index in [1.807, 2.05) is 36.4 Å². The number of esters is 1. The summed E-state index contributed by atoms with van der Waals surface area (Å²) < 4.78 is 4.79. The number of anilines is 1. The lowest BCUT2D eigenvalue weighted by molar-refractivity contribution is 0.0527. The molecule has 0 aliphatic heterocycles. The number of pyridine rings is 2. The third kappa shape index (κ3) is 7.56. The van der Waals surface area contributed by atoms with E-state index in [2.05, 4.69) is 19.9 Å². The highest BCUT2D eigenvalue weighted by Crippen LogP contribution is 2.14. The van der Waals surface area contributed by atoms with Gasteiger partial charge in [0.05, 0.1) is 34.7 Å². The topological polar surface area (TPSA) is 148 Å². The molecule has 3 N–H and O–H groups in total. The van der Waals surface area contributed by atoms with E-state index >= 15 is 0 Å². The van der Waals surface area contributed by atoms with Crippen LogP contribution in [0.25, 0.3) is 22.3 Å². The van der Waals surface area contributed by atoms with Crippen molar-refractivity contribution in [3.05, 3.63) is 119 Å². The number of nitriles is 1. The zero-order valence-corrected chi connectivity index (χ0v) is 20.0. The van der Waals surface area contributed by atoms with Gasteiger partial charge in [-0.15, -0.1) is 0 Å². The van der Waals surface area contributed by atoms with Crippen molar-refractivity contribution in [2.24, 2.45) is 0 Å². The molecule has 37 heavy (non-hydrogen) atoms. The van der Waals surface area contributed by atoms with E-state index in [0.717, 1.165) is 5.56 Å². The van der Waals surface area contributed by atoms with Gasteiger partial charge < -0.3 is 15.5 Å². The molecule has 9 heteroatoms. The lowest BCUT2D eigenvalue weighted by Crippen LogP contribution is -2.09. The number of rotatable bonds is 3. The molecule has 3 heterocycles. The van der Waals surface area contributed by atoms with Crippen LogP contribution in [0.15, 0.2) is 102 Å². The normalized spacial score (nSPS) is 9.62. The fourth-order valence-electron chi connectivity index (χ4n) is 3.05. The summed E-state index contributed by atoms with van der Waals surface area (Å²) in [5.74, 6) is 0.201. The summed E-state index contributed by atoms with van der Waals surface area (Å²) in [6.07, 6.45) is 6.53. The minimum atomic E-state index is -0.365. The number of hydrogen-bond donors (Lipinski definition) is 2. The number of nitrogens with two attached hydrogens (primary N) is 1. The summed E-state index contributed by atoms with van der Waals surface area (Å²) in [4.78, 5) is 37.9. The van der Waals surface area contributed by atoms with Gasteiger partial charge >= 0.3 is 5.97 Å². The number of fused-ring (bicyclic) bond motifs is 1. The first-order valence-electron chi connectivity index (χ1n) is 11.2. The average Bonchev–Trinajstić information content (AvgIpc) is 2.95. The first-order valence-corrected chi connectivity index (χ1v) is 11.2. The molecule has 0 amide bonds. The van der Waals surface area contributed by atoms with E-state index in [4.69, 9.17) is 15.7 Å². The van der Waals surface area contributed by atoms with Crippen LogP contribution in [0.5, 0.6) is 0 Å². The summed E-state index contributed by atoms with van der Waals surface area (Å²) in [5.41, 5.74) is 8.51. The van der Waals surface area contributed by atoms with Crippen molar-refractivity contribution in [3.63, 3.8) is 0 Å². The van der Waals surface area contributed by atoms with Gasteiger partial charge in [0.1, 0.15) is 5.82 Å². The summed E-state index contributed by atoms with van der Waals surface area (Å²) in [5, 5.41) is 8.86. The van der Waals surface area contributed by atoms with E-state index in [-0.39, 0.29) is 11.5 Å². The second kappa shape index (κ2) is 13.5. The Hall–Kier alpha value is -5.36. The van der Waals surface area contributed by atoms with E-state index < -0.39 is 0 Å². The highest BCUT2D eigenvalue weighted by Gasteiger charge is 2.08. The van der Waals surface area contributed by atoms with E-state index in [1.165, 1.54) is 0 Å². The van der Waals surface area contributed by atoms with Crippen molar-refractivity contribution in [1.29, 1.82) is 5.26 Å². The van der Waals surface area contributed by atoms with E-state index in [1.54, 1.807) is 74.2 Å². The molecule has 3 aromatic heterocycles. The molecule has 2 aromatic carbocycles. The van der Waals surface area contributed by atoms with Crippen LogP contribution in [0.2, 0.25) is 0 Å². The third-order valence-electron chi connectivity index (χ3n) is 4.83. The lowest BCUT2D eigenvalue weighted by atomic mass is 10.2. The molecule has 0 saturated heterocycles. The molecule has 0 saturated carbocycles. The molecule has 0 atom stereocenters. The number of nitrogens with zero attached hydrogens (tertiary/aromatic N) is 4. The molecule has 9 nitrogen and oxygen atoms in total. The minimum absolute atomic E-state index is 0.123. The first-order chi connectivity index (χ1) is 18.0. The van der Waals surface area contributed by atoms with Crippen LogP contribution in [0.4, 0.5) is 5.69 Å². The summed E-state index contributed by atoms with van der Waals surface area (Å²) >= 11 is 0. The van der Waals surface area contributed by atoms with E-state index in [0.29, 0.717) is 40.1 Å². The fraction of sp³-hybridized carbons (Fsp3) is 0.0714. The molecule has 0 aliphatic rings. The van der Waals surface area contributed by atoms with Gasteiger partial charge in [0.25, 0.3) is 5.56 Å². The molecule has 0 radical (unpaired) electrons. The van der Waals surface area contributed by atoms with Crippen LogP contribution in [0.1, 0.15) is 22.8 Å². The second-order valence-corrected chi connectivity index (χ2v) is 7.32. The third-order valence-corrected chi connectivity index (χ3v) is 4.83. The van der Waals surface area contributed by atoms with Gasteiger partial charge in [0.2, 0.25) is 0 Å². The molecule has 5 rings (SSSR count). The quantitative estimate of drug-likeness (QED) is 0.278. The molecular weight excluding hydrogens is 468 g/mol. The standard InChI is InChI=1S/C13H9N3O.C9H11NO2.C6H4N2/c17-13-10-3-1-2-4-11(10)15-12(16-13)9-5-7-14-8-6-9;1-2-12-9(11)7-5-3-4-6-8(7)10;7-5-6-1-3-8-4-2-6/h1-8H,(H,15,16,17);3-6H,2,10H2,1H3;1-4H. The number of ether oxygens (including phenoxy) is 1. The number of aromatic amines is 1. The van der Waals surface area contributed by atoms with Crippen LogP contribution in [-0.2, 0) is 4.74 Å². The maximum absolute atomic E-state index is 11.9. The zero-order valence-electron chi connectivity index (χ0n) is 20.0. The number of hydrogen-bond acceptors (Lipinski definition) is 8. The number of H-pyrrole nitrogens is 1. The predicted molar refractivity (Wildman–Crippen MR) is 141 cm³/mol. The molecule has 0 spiro atoms. The van der Waals surface area contributed by atoms with Crippen molar-refractivity contribution < 1.29 is 9.53 Å². The lowest BCUT2D eigenvalue weighted by Gasteiger charge is -2.03. The summed E-state index contributed by atoms with van der Waals surface area (Å²) in [7, 11) is 0. The van der Waals surface area contributed by atoms with E-state index in [9.17, 15) is 9.59 Å². The van der Waals surface area contributed by atoms with Gasteiger partial charge in [-0.05, 0) is 55.5 Å². The number of para-hydroxylation sites is 2. The number of benzene rings is 2. The largest absolute Gasteiger partial charge is 0.462 e. The second-order valence-electron chi connectivity index (χ2n) is 7.32. The number of carbonyl (C=O) groups is 1. The van der Waals surface area contributed by atoms with Gasteiger partial charge in [-0.2, -0.15) is 5.26 Å². The van der Waals surface area contributed by atoms with Gasteiger partial charge in [-0.3, -0.25) is 14.8 Å². The fourth-order valence-corrected chi connectivity index (χ4v) is 3.05. The van der Waals surface area contributed by atoms with Crippen molar-refractivity contribution in [3.8, 4) is 17.5 Å². The van der Waals surface area contributed by atoms with Crippen LogP contribution >= 0.6 is 0 Å². The van der Waals surface area contributed by atoms with Gasteiger partial charge in [0.15, 0.2) is 0 Å². The number of nitrogens with one attached hydrogen (secondary N) is 1. The Morgan fingerprint density at radius 1 is 0.946 bits per heavy atom. The predicted octanol–water partition coefficient (Wildman–Crippen LogP) is 4.38. The Kier molecular flexibility index (Phi) is 9.58. The molecule has 184 valence electrons. The monoisotopic (exact) mass is 492 g/mol. The average molecular weight is 493 g/mol. The Morgan fingerprint density at radius 2 is 1.57 bits per heavy atom. The number of nitrogen functional groups attached to an aromatic ring is 1. The molecule has 5 aromatic rings. The Labute approximate surface area is 213 Å². The molecule has 0 aliphatic carbocycles. The van der Waals surface area contributed by atoms with Crippen molar-refractivity contribution in [2.75, 3.05) is 12.3 Å². The van der Waals surface area contributed by atoms with Crippen LogP contribution in [0, 0.1) is 11.3 Å². The molecular formula is C28H24N6O3. The number of aromatic nitrogens is 4. The van der Waals surface area contributed by atoms with Crippen LogP contribution in [0.3, 0.4) is 0 Å². The van der Waals surface area contributed by atoms with Crippen molar-refractivity contribution in [1.82, 2.24) is 19.9 Å². The molecule has 0 fully saturated rings. The Morgan fingerprint density at radius 3 is 2.19 bits per heavy atom. The Balaban J connectivity index is 0.000000166. The summed E-state index contributed by atoms with van der Waals surface area (Å²) in [6, 6.07) is 23.1. The molecule has 0 unspecified atom stereocenters. The van der Waals surface area contributed by atoms with Gasteiger partial charge in [-0.25, -0.2) is 9.78 Å².